The monoisotopic (exact) mass is 215 g/mol. The van der Waals surface area contributed by atoms with E-state index in [2.05, 4.69) is 4.98 Å². The lowest BCUT2D eigenvalue weighted by molar-refractivity contribution is 0.0999. The highest BCUT2D eigenvalue weighted by Crippen LogP contribution is 2.19. The Balaban J connectivity index is 3.14. The van der Waals surface area contributed by atoms with Crippen LogP contribution < -0.4 is 11.5 Å². The van der Waals surface area contributed by atoms with Gasteiger partial charge in [0.05, 0.1) is 18.2 Å². The van der Waals surface area contributed by atoms with E-state index in [9.17, 15) is 4.79 Å². The molecule has 0 aliphatic rings. The smallest absolute Gasteiger partial charge is 0.250 e. The van der Waals surface area contributed by atoms with Crippen LogP contribution in [0.5, 0.6) is 0 Å². The first kappa shape index (κ1) is 10.9. The van der Waals surface area contributed by atoms with Gasteiger partial charge in [-0.15, -0.1) is 0 Å². The lowest BCUT2D eigenvalue weighted by Crippen LogP contribution is -2.18. The number of aromatic nitrogens is 1. The number of aliphatic hydroxyl groups is 1. The number of amides is 1. The number of hydrogen-bond acceptors (Lipinski definition) is 4. The van der Waals surface area contributed by atoms with Crippen LogP contribution in [-0.4, -0.2) is 22.6 Å². The normalized spacial score (nSPS) is 12.5. The number of nitrogens with two attached hydrogens (primary N) is 2. The molecule has 0 aromatic carbocycles. The molecule has 14 heavy (non-hydrogen) atoms. The summed E-state index contributed by atoms with van der Waals surface area (Å²) >= 11 is 5.72. The van der Waals surface area contributed by atoms with Gasteiger partial charge in [-0.25, -0.2) is 4.98 Å². The van der Waals surface area contributed by atoms with Gasteiger partial charge in [-0.1, -0.05) is 11.6 Å². The van der Waals surface area contributed by atoms with Crippen molar-refractivity contribution in [3.05, 3.63) is 28.5 Å². The number of halogens is 1. The molecule has 0 aliphatic heterocycles. The number of carbonyl (C=O) groups is 1. The first-order valence-corrected chi connectivity index (χ1v) is 4.25. The van der Waals surface area contributed by atoms with Crippen molar-refractivity contribution >= 4 is 17.5 Å². The van der Waals surface area contributed by atoms with Crippen molar-refractivity contribution in [1.29, 1.82) is 0 Å². The third-order valence-electron chi connectivity index (χ3n) is 1.75. The summed E-state index contributed by atoms with van der Waals surface area (Å²) < 4.78 is 0. The van der Waals surface area contributed by atoms with Gasteiger partial charge in [0, 0.05) is 11.8 Å². The zero-order valence-electron chi connectivity index (χ0n) is 7.27. The first-order valence-electron chi connectivity index (χ1n) is 3.88. The van der Waals surface area contributed by atoms with E-state index in [4.69, 9.17) is 28.2 Å². The zero-order chi connectivity index (χ0) is 10.7. The molecule has 0 saturated carbocycles. The molecular weight excluding hydrogens is 206 g/mol. The molecule has 6 heteroatoms. The van der Waals surface area contributed by atoms with Gasteiger partial charge >= 0.3 is 0 Å². The Hall–Kier alpha value is -1.17. The maximum absolute atomic E-state index is 10.8. The lowest BCUT2D eigenvalue weighted by Gasteiger charge is -2.10. The molecule has 1 atom stereocenters. The number of aliphatic hydroxyl groups excluding tert-OH is 1. The van der Waals surface area contributed by atoms with E-state index in [0.29, 0.717) is 5.56 Å². The molecule has 0 bridgehead atoms. The molecule has 1 rings (SSSR count). The summed E-state index contributed by atoms with van der Waals surface area (Å²) in [6.07, 6.45) is 1.26. The average molecular weight is 216 g/mol. The minimum Gasteiger partial charge on any atom is -0.394 e. The highest BCUT2D eigenvalue weighted by molar-refractivity contribution is 6.30. The molecule has 0 saturated heterocycles. The molecule has 1 aromatic heterocycles. The maximum atomic E-state index is 10.8. The van der Waals surface area contributed by atoms with Crippen molar-refractivity contribution < 1.29 is 9.90 Å². The highest BCUT2D eigenvalue weighted by atomic mass is 35.5. The van der Waals surface area contributed by atoms with E-state index in [1.807, 2.05) is 0 Å². The number of hydrogen-bond donors (Lipinski definition) is 3. The molecule has 0 aliphatic carbocycles. The fraction of sp³-hybridized carbons (Fsp3) is 0.250. The standard InChI is InChI=1S/C8H10ClN3O2/c9-7-5(6(10)3-13)1-4(2-12-7)8(11)14/h1-2,6,13H,3,10H2,(H2,11,14). The Bertz CT molecular complexity index is 356. The van der Waals surface area contributed by atoms with E-state index in [0.717, 1.165) is 0 Å². The van der Waals surface area contributed by atoms with Crippen LogP contribution in [0, 0.1) is 0 Å². The van der Waals surface area contributed by atoms with Crippen molar-refractivity contribution in [1.82, 2.24) is 4.98 Å². The molecule has 5 nitrogen and oxygen atoms in total. The van der Waals surface area contributed by atoms with Crippen LogP contribution in [0.3, 0.4) is 0 Å². The Kier molecular flexibility index (Phi) is 3.40. The minimum absolute atomic E-state index is 0.163. The average Bonchev–Trinajstić information content (AvgIpc) is 2.17. The third kappa shape index (κ3) is 2.20. The second-order valence-corrected chi connectivity index (χ2v) is 3.12. The zero-order valence-corrected chi connectivity index (χ0v) is 8.03. The predicted molar refractivity (Wildman–Crippen MR) is 51.8 cm³/mol. The number of pyridine rings is 1. The van der Waals surface area contributed by atoms with Crippen molar-refractivity contribution in [2.45, 2.75) is 6.04 Å². The van der Waals surface area contributed by atoms with Gasteiger partial charge in [0.1, 0.15) is 5.15 Å². The minimum atomic E-state index is -0.658. The van der Waals surface area contributed by atoms with E-state index in [1.54, 1.807) is 0 Å². The largest absolute Gasteiger partial charge is 0.394 e. The molecule has 76 valence electrons. The van der Waals surface area contributed by atoms with Crippen LogP contribution in [-0.2, 0) is 0 Å². The number of primary amides is 1. The van der Waals surface area contributed by atoms with E-state index in [1.165, 1.54) is 12.3 Å². The Morgan fingerprint density at radius 3 is 2.86 bits per heavy atom. The predicted octanol–water partition coefficient (Wildman–Crippen LogP) is -0.174. The summed E-state index contributed by atoms with van der Waals surface area (Å²) in [6, 6.07) is 0.771. The van der Waals surface area contributed by atoms with Gasteiger partial charge < -0.3 is 16.6 Å². The molecule has 5 N–H and O–H groups in total. The van der Waals surface area contributed by atoms with Crippen molar-refractivity contribution in [2.75, 3.05) is 6.61 Å². The molecule has 0 spiro atoms. The summed E-state index contributed by atoms with van der Waals surface area (Å²) in [7, 11) is 0. The summed E-state index contributed by atoms with van der Waals surface area (Å²) in [4.78, 5) is 14.6. The van der Waals surface area contributed by atoms with Gasteiger partial charge in [0.15, 0.2) is 0 Å². The van der Waals surface area contributed by atoms with Crippen LogP contribution in [0.1, 0.15) is 22.0 Å². The van der Waals surface area contributed by atoms with Crippen molar-refractivity contribution in [3.63, 3.8) is 0 Å². The Morgan fingerprint density at radius 2 is 2.36 bits per heavy atom. The van der Waals surface area contributed by atoms with Crippen LogP contribution in [0.2, 0.25) is 5.15 Å². The van der Waals surface area contributed by atoms with Gasteiger partial charge in [-0.2, -0.15) is 0 Å². The third-order valence-corrected chi connectivity index (χ3v) is 2.06. The topological polar surface area (TPSA) is 102 Å². The molecule has 0 radical (unpaired) electrons. The second-order valence-electron chi connectivity index (χ2n) is 2.76. The summed E-state index contributed by atoms with van der Waals surface area (Å²) in [5, 5.41) is 8.98. The summed E-state index contributed by atoms with van der Waals surface area (Å²) in [5.74, 6) is -0.611. The first-order chi connectivity index (χ1) is 6.56. The van der Waals surface area contributed by atoms with Crippen LogP contribution in [0.15, 0.2) is 12.3 Å². The quantitative estimate of drug-likeness (QED) is 0.609. The van der Waals surface area contributed by atoms with E-state index in [-0.39, 0.29) is 17.3 Å². The van der Waals surface area contributed by atoms with Crippen LogP contribution in [0.25, 0.3) is 0 Å². The molecule has 1 unspecified atom stereocenters. The second kappa shape index (κ2) is 4.36. The lowest BCUT2D eigenvalue weighted by atomic mass is 10.1. The van der Waals surface area contributed by atoms with Gasteiger partial charge in [0.25, 0.3) is 0 Å². The van der Waals surface area contributed by atoms with Crippen LogP contribution >= 0.6 is 11.6 Å². The molecule has 1 heterocycles. The number of rotatable bonds is 3. The van der Waals surface area contributed by atoms with Gasteiger partial charge in [-0.05, 0) is 6.07 Å². The van der Waals surface area contributed by atoms with Gasteiger partial charge in [0.2, 0.25) is 5.91 Å². The van der Waals surface area contributed by atoms with Gasteiger partial charge in [-0.3, -0.25) is 4.79 Å². The van der Waals surface area contributed by atoms with Crippen molar-refractivity contribution in [3.8, 4) is 0 Å². The van der Waals surface area contributed by atoms with Crippen LogP contribution in [0.4, 0.5) is 0 Å². The highest BCUT2D eigenvalue weighted by Gasteiger charge is 2.12. The number of carbonyl (C=O) groups excluding carboxylic acids is 1. The Morgan fingerprint density at radius 1 is 1.71 bits per heavy atom. The Labute approximate surface area is 85.7 Å². The van der Waals surface area contributed by atoms with E-state index >= 15 is 0 Å². The fourth-order valence-electron chi connectivity index (χ4n) is 0.958. The molecule has 1 amide bonds. The van der Waals surface area contributed by atoms with Crippen molar-refractivity contribution in [2.24, 2.45) is 11.5 Å². The molecule has 1 aromatic rings. The molecule has 0 fully saturated rings. The summed E-state index contributed by atoms with van der Waals surface area (Å²) in [6.45, 7) is -0.274. The molecular formula is C8H10ClN3O2. The fourth-order valence-corrected chi connectivity index (χ4v) is 1.20. The number of nitrogens with zero attached hydrogens (tertiary/aromatic N) is 1. The maximum Gasteiger partial charge on any atom is 0.250 e. The summed E-state index contributed by atoms with van der Waals surface area (Å²) in [5.41, 5.74) is 11.2. The van der Waals surface area contributed by atoms with E-state index < -0.39 is 11.9 Å². The SMILES string of the molecule is NC(=O)c1cnc(Cl)c(C(N)CO)c1.